The fraction of sp³-hybridized carbons (Fsp3) is 0. The Labute approximate surface area is 103 Å². The second-order valence-electron chi connectivity index (χ2n) is 3.93. The number of aromatic nitrogens is 2. The van der Waals surface area contributed by atoms with E-state index in [1.807, 2.05) is 36.4 Å². The molecule has 3 aromatic rings. The summed E-state index contributed by atoms with van der Waals surface area (Å²) < 4.78 is 0. The summed E-state index contributed by atoms with van der Waals surface area (Å²) >= 11 is 0. The quantitative estimate of drug-likeness (QED) is 0.715. The maximum atomic E-state index is 11.3. The van der Waals surface area contributed by atoms with E-state index in [4.69, 9.17) is 5.73 Å². The zero-order chi connectivity index (χ0) is 12.5. The number of nitrogens with one attached hydrogen (secondary N) is 1. The number of primary amides is 1. The number of rotatable bonds is 2. The minimum absolute atomic E-state index is 0.311. The molecule has 3 rings (SSSR count). The Kier molecular flexibility index (Phi) is 2.34. The SMILES string of the molecule is NC(=O)c1[c]ccc2[nH]c(-c3ccccc3)nc12. The fourth-order valence-electron chi connectivity index (χ4n) is 1.90. The molecule has 1 amide bonds. The van der Waals surface area contributed by atoms with Gasteiger partial charge < -0.3 is 10.7 Å². The lowest BCUT2D eigenvalue weighted by Crippen LogP contribution is -2.11. The molecule has 0 atom stereocenters. The average Bonchev–Trinajstić information content (AvgIpc) is 2.83. The summed E-state index contributed by atoms with van der Waals surface area (Å²) in [4.78, 5) is 18.9. The van der Waals surface area contributed by atoms with Gasteiger partial charge in [0.25, 0.3) is 5.91 Å². The molecule has 4 heteroatoms. The number of hydrogen-bond acceptors (Lipinski definition) is 2. The summed E-state index contributed by atoms with van der Waals surface area (Å²) in [5.41, 5.74) is 7.92. The zero-order valence-corrected chi connectivity index (χ0v) is 9.47. The van der Waals surface area contributed by atoms with Gasteiger partial charge in [-0.3, -0.25) is 4.79 Å². The smallest absolute Gasteiger partial charge is 0.251 e. The molecule has 0 spiro atoms. The first kappa shape index (κ1) is 10.5. The number of imidazole rings is 1. The number of benzene rings is 2. The molecule has 0 unspecified atom stereocenters. The van der Waals surface area contributed by atoms with Crippen LogP contribution in [0.3, 0.4) is 0 Å². The molecule has 0 saturated carbocycles. The van der Waals surface area contributed by atoms with Crippen LogP contribution >= 0.6 is 0 Å². The Morgan fingerprint density at radius 1 is 1.22 bits per heavy atom. The topological polar surface area (TPSA) is 71.8 Å². The third kappa shape index (κ3) is 1.64. The molecule has 0 fully saturated rings. The van der Waals surface area contributed by atoms with Gasteiger partial charge in [0.2, 0.25) is 0 Å². The maximum absolute atomic E-state index is 11.3. The van der Waals surface area contributed by atoms with Gasteiger partial charge in [-0.05, 0) is 12.1 Å². The van der Waals surface area contributed by atoms with Crippen LogP contribution in [0.2, 0.25) is 0 Å². The van der Waals surface area contributed by atoms with Crippen LogP contribution in [0.4, 0.5) is 0 Å². The molecule has 1 heterocycles. The summed E-state index contributed by atoms with van der Waals surface area (Å²) in [6.45, 7) is 0. The van der Waals surface area contributed by atoms with Crippen LogP contribution in [-0.4, -0.2) is 15.9 Å². The van der Waals surface area contributed by atoms with Gasteiger partial charge in [-0.2, -0.15) is 0 Å². The first-order valence-electron chi connectivity index (χ1n) is 5.51. The van der Waals surface area contributed by atoms with E-state index in [9.17, 15) is 4.79 Å². The van der Waals surface area contributed by atoms with Gasteiger partial charge in [0.15, 0.2) is 0 Å². The first-order chi connectivity index (χ1) is 8.75. The molecular formula is C14H10N3O. The second-order valence-corrected chi connectivity index (χ2v) is 3.93. The summed E-state index contributed by atoms with van der Waals surface area (Å²) in [5, 5.41) is 0. The molecule has 0 bridgehead atoms. The average molecular weight is 236 g/mol. The summed E-state index contributed by atoms with van der Waals surface area (Å²) in [5.74, 6) is 0.194. The largest absolute Gasteiger partial charge is 0.366 e. The third-order valence-electron chi connectivity index (χ3n) is 2.74. The van der Waals surface area contributed by atoms with E-state index in [1.165, 1.54) is 0 Å². The highest BCUT2D eigenvalue weighted by Gasteiger charge is 2.11. The van der Waals surface area contributed by atoms with E-state index in [2.05, 4.69) is 16.0 Å². The van der Waals surface area contributed by atoms with Gasteiger partial charge in [-0.25, -0.2) is 4.98 Å². The van der Waals surface area contributed by atoms with Crippen molar-refractivity contribution in [3.63, 3.8) is 0 Å². The Morgan fingerprint density at radius 2 is 2.00 bits per heavy atom. The lowest BCUT2D eigenvalue weighted by atomic mass is 10.2. The standard InChI is InChI=1S/C14H10N3O/c15-13(18)10-7-4-8-11-12(10)17-14(16-11)9-5-2-1-3-6-9/h1-6,8H,(H2,15,18)(H,16,17). The Balaban J connectivity index is 2.23. The van der Waals surface area contributed by atoms with Gasteiger partial charge in [0, 0.05) is 5.56 Å². The van der Waals surface area contributed by atoms with Crippen molar-refractivity contribution in [2.45, 2.75) is 0 Å². The number of hydrogen-bond donors (Lipinski definition) is 2. The monoisotopic (exact) mass is 236 g/mol. The van der Waals surface area contributed by atoms with E-state index in [0.717, 1.165) is 11.1 Å². The van der Waals surface area contributed by atoms with Crippen LogP contribution < -0.4 is 5.73 Å². The number of aromatic amines is 1. The van der Waals surface area contributed by atoms with Crippen LogP contribution in [0.1, 0.15) is 10.4 Å². The Morgan fingerprint density at radius 3 is 2.72 bits per heavy atom. The Hall–Kier alpha value is -2.62. The van der Waals surface area contributed by atoms with Crippen molar-refractivity contribution in [3.05, 3.63) is 54.1 Å². The highest BCUT2D eigenvalue weighted by atomic mass is 16.1. The number of carbonyl (C=O) groups excluding carboxylic acids is 1. The van der Waals surface area contributed by atoms with Crippen molar-refractivity contribution in [1.82, 2.24) is 9.97 Å². The van der Waals surface area contributed by atoms with Crippen molar-refractivity contribution in [1.29, 1.82) is 0 Å². The van der Waals surface area contributed by atoms with Gasteiger partial charge in [-0.1, -0.05) is 36.4 Å². The normalized spacial score (nSPS) is 10.7. The van der Waals surface area contributed by atoms with Crippen LogP contribution in [0.15, 0.2) is 42.5 Å². The molecule has 0 aliphatic carbocycles. The Bertz CT molecular complexity index is 716. The summed E-state index contributed by atoms with van der Waals surface area (Å²) in [7, 11) is 0. The number of H-pyrrole nitrogens is 1. The van der Waals surface area contributed by atoms with Crippen LogP contribution in [0, 0.1) is 6.07 Å². The lowest BCUT2D eigenvalue weighted by molar-refractivity contribution is 0.100. The molecule has 1 radical (unpaired) electrons. The van der Waals surface area contributed by atoms with E-state index in [0.29, 0.717) is 16.9 Å². The predicted molar refractivity (Wildman–Crippen MR) is 68.9 cm³/mol. The fourth-order valence-corrected chi connectivity index (χ4v) is 1.90. The van der Waals surface area contributed by atoms with Crippen molar-refractivity contribution >= 4 is 16.9 Å². The summed E-state index contributed by atoms with van der Waals surface area (Å²) in [6.07, 6.45) is 0. The van der Waals surface area contributed by atoms with Crippen LogP contribution in [-0.2, 0) is 0 Å². The molecule has 0 saturated heterocycles. The van der Waals surface area contributed by atoms with Gasteiger partial charge in [-0.15, -0.1) is 0 Å². The van der Waals surface area contributed by atoms with Crippen molar-refractivity contribution in [3.8, 4) is 11.4 Å². The van der Waals surface area contributed by atoms with Crippen molar-refractivity contribution in [2.24, 2.45) is 5.73 Å². The molecular weight excluding hydrogens is 226 g/mol. The minimum atomic E-state index is -0.522. The molecule has 4 nitrogen and oxygen atoms in total. The highest BCUT2D eigenvalue weighted by molar-refractivity contribution is 6.04. The maximum Gasteiger partial charge on any atom is 0.251 e. The number of fused-ring (bicyclic) bond motifs is 1. The van der Waals surface area contributed by atoms with Gasteiger partial charge in [0.05, 0.1) is 11.1 Å². The van der Waals surface area contributed by atoms with Crippen molar-refractivity contribution < 1.29 is 4.79 Å². The number of carbonyl (C=O) groups is 1. The van der Waals surface area contributed by atoms with Gasteiger partial charge in [0.1, 0.15) is 11.3 Å². The molecule has 2 aromatic carbocycles. The predicted octanol–water partition coefficient (Wildman–Crippen LogP) is 2.13. The molecule has 87 valence electrons. The molecule has 0 aliphatic heterocycles. The molecule has 3 N–H and O–H groups in total. The van der Waals surface area contributed by atoms with Crippen LogP contribution in [0.5, 0.6) is 0 Å². The molecule has 0 aliphatic rings. The summed E-state index contributed by atoms with van der Waals surface area (Å²) in [6, 6.07) is 16.0. The molecule has 18 heavy (non-hydrogen) atoms. The molecule has 1 aromatic heterocycles. The number of amides is 1. The lowest BCUT2D eigenvalue weighted by Gasteiger charge is -1.94. The zero-order valence-electron chi connectivity index (χ0n) is 9.47. The van der Waals surface area contributed by atoms with Gasteiger partial charge >= 0.3 is 0 Å². The van der Waals surface area contributed by atoms with E-state index in [-0.39, 0.29) is 0 Å². The first-order valence-corrected chi connectivity index (χ1v) is 5.51. The van der Waals surface area contributed by atoms with E-state index >= 15 is 0 Å². The minimum Gasteiger partial charge on any atom is -0.366 e. The van der Waals surface area contributed by atoms with Crippen molar-refractivity contribution in [2.75, 3.05) is 0 Å². The third-order valence-corrected chi connectivity index (χ3v) is 2.74. The number of nitrogens with two attached hydrogens (primary N) is 1. The highest BCUT2D eigenvalue weighted by Crippen LogP contribution is 2.22. The van der Waals surface area contributed by atoms with E-state index in [1.54, 1.807) is 6.07 Å². The second kappa shape index (κ2) is 4.00. The van der Waals surface area contributed by atoms with E-state index < -0.39 is 5.91 Å². The van der Waals surface area contributed by atoms with Crippen LogP contribution in [0.25, 0.3) is 22.4 Å². The number of nitrogens with zero attached hydrogens (tertiary/aromatic N) is 1.